The first-order chi connectivity index (χ1) is 7.24. The summed E-state index contributed by atoms with van der Waals surface area (Å²) in [6.45, 7) is 5.11. The maximum atomic E-state index is 11.5. The topological polar surface area (TPSA) is 41.1 Å². The SMILES string of the molecule is CCCCC(CCC)NC(=O)CCNC. The van der Waals surface area contributed by atoms with E-state index in [1.165, 1.54) is 12.8 Å². The molecule has 1 amide bonds. The minimum Gasteiger partial charge on any atom is -0.353 e. The number of amides is 1. The molecule has 0 spiro atoms. The van der Waals surface area contributed by atoms with E-state index >= 15 is 0 Å². The second-order valence-electron chi connectivity index (χ2n) is 4.05. The van der Waals surface area contributed by atoms with E-state index in [0.29, 0.717) is 12.5 Å². The van der Waals surface area contributed by atoms with Crippen LogP contribution in [0.2, 0.25) is 0 Å². The smallest absolute Gasteiger partial charge is 0.221 e. The maximum absolute atomic E-state index is 11.5. The first kappa shape index (κ1) is 14.4. The molecule has 0 aliphatic heterocycles. The average molecular weight is 214 g/mol. The molecule has 0 aliphatic carbocycles. The number of rotatable bonds is 9. The molecular weight excluding hydrogens is 188 g/mol. The van der Waals surface area contributed by atoms with E-state index in [0.717, 1.165) is 25.8 Å². The molecule has 1 unspecified atom stereocenters. The van der Waals surface area contributed by atoms with Crippen molar-refractivity contribution in [3.05, 3.63) is 0 Å². The van der Waals surface area contributed by atoms with Crippen molar-refractivity contribution in [2.24, 2.45) is 0 Å². The van der Waals surface area contributed by atoms with Crippen molar-refractivity contribution in [1.29, 1.82) is 0 Å². The van der Waals surface area contributed by atoms with Crippen molar-refractivity contribution < 1.29 is 4.79 Å². The Morgan fingerprint density at radius 3 is 2.47 bits per heavy atom. The van der Waals surface area contributed by atoms with Gasteiger partial charge in [0.1, 0.15) is 0 Å². The predicted octanol–water partition coefficient (Wildman–Crippen LogP) is 2.07. The maximum Gasteiger partial charge on any atom is 0.221 e. The molecule has 0 radical (unpaired) electrons. The molecule has 3 heteroatoms. The van der Waals surface area contributed by atoms with Gasteiger partial charge in [-0.2, -0.15) is 0 Å². The Kier molecular flexibility index (Phi) is 9.59. The zero-order chi connectivity index (χ0) is 11.5. The van der Waals surface area contributed by atoms with Gasteiger partial charge in [-0.1, -0.05) is 33.1 Å². The highest BCUT2D eigenvalue weighted by Crippen LogP contribution is 2.06. The second kappa shape index (κ2) is 9.97. The van der Waals surface area contributed by atoms with Crippen molar-refractivity contribution >= 4 is 5.91 Å². The van der Waals surface area contributed by atoms with E-state index in [2.05, 4.69) is 24.5 Å². The van der Waals surface area contributed by atoms with E-state index in [9.17, 15) is 4.79 Å². The fraction of sp³-hybridized carbons (Fsp3) is 0.917. The molecule has 0 aromatic heterocycles. The Balaban J connectivity index is 3.76. The lowest BCUT2D eigenvalue weighted by Gasteiger charge is -2.17. The number of hydrogen-bond acceptors (Lipinski definition) is 2. The van der Waals surface area contributed by atoms with E-state index in [4.69, 9.17) is 0 Å². The van der Waals surface area contributed by atoms with Crippen LogP contribution in [0.5, 0.6) is 0 Å². The van der Waals surface area contributed by atoms with Gasteiger partial charge in [0.2, 0.25) is 5.91 Å². The molecule has 0 saturated heterocycles. The van der Waals surface area contributed by atoms with E-state index < -0.39 is 0 Å². The zero-order valence-electron chi connectivity index (χ0n) is 10.4. The molecule has 1 atom stereocenters. The summed E-state index contributed by atoms with van der Waals surface area (Å²) >= 11 is 0. The monoisotopic (exact) mass is 214 g/mol. The summed E-state index contributed by atoms with van der Waals surface area (Å²) in [7, 11) is 1.87. The largest absolute Gasteiger partial charge is 0.353 e. The second-order valence-corrected chi connectivity index (χ2v) is 4.05. The summed E-state index contributed by atoms with van der Waals surface area (Å²) in [6, 6.07) is 0.388. The lowest BCUT2D eigenvalue weighted by atomic mass is 10.1. The standard InChI is InChI=1S/C12H26N2O/c1-4-6-8-11(7-5-2)14-12(15)9-10-13-3/h11,13H,4-10H2,1-3H3,(H,14,15). The fourth-order valence-corrected chi connectivity index (χ4v) is 1.63. The number of nitrogens with one attached hydrogen (secondary N) is 2. The summed E-state index contributed by atoms with van der Waals surface area (Å²) in [6.07, 6.45) is 6.36. The molecular formula is C12H26N2O. The molecule has 0 aromatic rings. The number of unbranched alkanes of at least 4 members (excludes halogenated alkanes) is 1. The van der Waals surface area contributed by atoms with Gasteiger partial charge in [-0.05, 0) is 19.9 Å². The van der Waals surface area contributed by atoms with Crippen LogP contribution in [0.3, 0.4) is 0 Å². The van der Waals surface area contributed by atoms with Gasteiger partial charge in [-0.25, -0.2) is 0 Å². The van der Waals surface area contributed by atoms with E-state index in [-0.39, 0.29) is 5.91 Å². The number of carbonyl (C=O) groups excluding carboxylic acids is 1. The summed E-state index contributed by atoms with van der Waals surface area (Å²) in [5.41, 5.74) is 0. The Hall–Kier alpha value is -0.570. The zero-order valence-corrected chi connectivity index (χ0v) is 10.4. The van der Waals surface area contributed by atoms with Gasteiger partial charge in [-0.3, -0.25) is 4.79 Å². The minimum atomic E-state index is 0.180. The van der Waals surface area contributed by atoms with Crippen LogP contribution in [0.4, 0.5) is 0 Å². The molecule has 0 bridgehead atoms. The molecule has 0 heterocycles. The first-order valence-corrected chi connectivity index (χ1v) is 6.18. The average Bonchev–Trinajstić information content (AvgIpc) is 2.23. The van der Waals surface area contributed by atoms with Crippen molar-refractivity contribution in [3.63, 3.8) is 0 Å². The third-order valence-corrected chi connectivity index (χ3v) is 2.51. The molecule has 90 valence electrons. The Morgan fingerprint density at radius 2 is 1.93 bits per heavy atom. The molecule has 0 aromatic carbocycles. The third kappa shape index (κ3) is 8.43. The first-order valence-electron chi connectivity index (χ1n) is 6.18. The summed E-state index contributed by atoms with van der Waals surface area (Å²) < 4.78 is 0. The van der Waals surface area contributed by atoms with Crippen LogP contribution in [0.1, 0.15) is 52.4 Å². The van der Waals surface area contributed by atoms with Crippen molar-refractivity contribution in [3.8, 4) is 0 Å². The highest BCUT2D eigenvalue weighted by Gasteiger charge is 2.10. The minimum absolute atomic E-state index is 0.180. The van der Waals surface area contributed by atoms with Crippen LogP contribution in [0, 0.1) is 0 Å². The van der Waals surface area contributed by atoms with E-state index in [1.54, 1.807) is 0 Å². The van der Waals surface area contributed by atoms with Gasteiger partial charge >= 0.3 is 0 Å². The Morgan fingerprint density at radius 1 is 1.20 bits per heavy atom. The van der Waals surface area contributed by atoms with Gasteiger partial charge in [0.05, 0.1) is 0 Å². The van der Waals surface area contributed by atoms with Crippen LogP contribution in [-0.4, -0.2) is 25.5 Å². The quantitative estimate of drug-likeness (QED) is 0.617. The molecule has 0 rings (SSSR count). The van der Waals surface area contributed by atoms with Gasteiger partial charge in [0.15, 0.2) is 0 Å². The third-order valence-electron chi connectivity index (χ3n) is 2.51. The molecule has 0 saturated carbocycles. The normalized spacial score (nSPS) is 12.5. The molecule has 15 heavy (non-hydrogen) atoms. The Labute approximate surface area is 94.0 Å². The van der Waals surface area contributed by atoms with Gasteiger partial charge in [0.25, 0.3) is 0 Å². The summed E-state index contributed by atoms with van der Waals surface area (Å²) in [5.74, 6) is 0.180. The molecule has 0 fully saturated rings. The lowest BCUT2D eigenvalue weighted by Crippen LogP contribution is -2.36. The highest BCUT2D eigenvalue weighted by molar-refractivity contribution is 5.76. The lowest BCUT2D eigenvalue weighted by molar-refractivity contribution is -0.121. The van der Waals surface area contributed by atoms with Crippen LogP contribution >= 0.6 is 0 Å². The predicted molar refractivity (Wildman–Crippen MR) is 64.9 cm³/mol. The fourth-order valence-electron chi connectivity index (χ4n) is 1.63. The van der Waals surface area contributed by atoms with E-state index in [1.807, 2.05) is 7.05 Å². The number of carbonyl (C=O) groups is 1. The van der Waals surface area contributed by atoms with Crippen LogP contribution in [0.25, 0.3) is 0 Å². The van der Waals surface area contributed by atoms with Crippen molar-refractivity contribution in [1.82, 2.24) is 10.6 Å². The number of hydrogen-bond donors (Lipinski definition) is 2. The van der Waals surface area contributed by atoms with Crippen molar-refractivity contribution in [2.45, 2.75) is 58.4 Å². The molecule has 0 aliphatic rings. The van der Waals surface area contributed by atoms with Gasteiger partial charge in [0, 0.05) is 19.0 Å². The summed E-state index contributed by atoms with van der Waals surface area (Å²) in [4.78, 5) is 11.5. The van der Waals surface area contributed by atoms with Gasteiger partial charge < -0.3 is 10.6 Å². The molecule has 3 nitrogen and oxygen atoms in total. The van der Waals surface area contributed by atoms with Crippen molar-refractivity contribution in [2.75, 3.05) is 13.6 Å². The van der Waals surface area contributed by atoms with Crippen LogP contribution in [-0.2, 0) is 4.79 Å². The van der Waals surface area contributed by atoms with Crippen LogP contribution in [0.15, 0.2) is 0 Å². The Bertz CT molecular complexity index is 160. The molecule has 2 N–H and O–H groups in total. The summed E-state index contributed by atoms with van der Waals surface area (Å²) in [5, 5.41) is 6.09. The van der Waals surface area contributed by atoms with Gasteiger partial charge in [-0.15, -0.1) is 0 Å². The highest BCUT2D eigenvalue weighted by atomic mass is 16.1. The van der Waals surface area contributed by atoms with Crippen LogP contribution < -0.4 is 10.6 Å².